The molecular weight excluding hydrogens is 180 g/mol. The SMILES string of the molecule is CNC(=O)CCNC(=O)CCCl. The number of hydrogen-bond acceptors (Lipinski definition) is 2. The maximum atomic E-state index is 10.8. The Bertz CT molecular complexity index is 161. The molecule has 2 N–H and O–H groups in total. The van der Waals surface area contributed by atoms with Gasteiger partial charge in [0.1, 0.15) is 0 Å². The third kappa shape index (κ3) is 5.97. The van der Waals surface area contributed by atoms with E-state index < -0.39 is 0 Å². The van der Waals surface area contributed by atoms with Gasteiger partial charge in [0.25, 0.3) is 0 Å². The van der Waals surface area contributed by atoms with Crippen LogP contribution in [0.2, 0.25) is 0 Å². The van der Waals surface area contributed by atoms with E-state index in [9.17, 15) is 9.59 Å². The highest BCUT2D eigenvalue weighted by Crippen LogP contribution is 1.84. The van der Waals surface area contributed by atoms with Crippen molar-refractivity contribution in [1.29, 1.82) is 0 Å². The molecule has 0 aromatic carbocycles. The van der Waals surface area contributed by atoms with Gasteiger partial charge >= 0.3 is 0 Å². The molecule has 2 amide bonds. The molecule has 0 aliphatic rings. The summed E-state index contributed by atoms with van der Waals surface area (Å²) in [5.74, 6) is 0.112. The topological polar surface area (TPSA) is 58.2 Å². The molecule has 5 heteroatoms. The van der Waals surface area contributed by atoms with Gasteiger partial charge < -0.3 is 10.6 Å². The number of halogens is 1. The molecular formula is C7H13ClN2O2. The minimum atomic E-state index is -0.117. The third-order valence-electron chi connectivity index (χ3n) is 1.27. The lowest BCUT2D eigenvalue weighted by Gasteiger charge is -2.02. The molecule has 0 saturated carbocycles. The van der Waals surface area contributed by atoms with E-state index in [2.05, 4.69) is 10.6 Å². The number of amides is 2. The van der Waals surface area contributed by atoms with Gasteiger partial charge in [-0.2, -0.15) is 0 Å². The highest BCUT2D eigenvalue weighted by Gasteiger charge is 2.00. The molecule has 0 fully saturated rings. The first-order valence-electron chi connectivity index (χ1n) is 3.74. The van der Waals surface area contributed by atoms with Crippen molar-refractivity contribution in [3.8, 4) is 0 Å². The maximum Gasteiger partial charge on any atom is 0.221 e. The third-order valence-corrected chi connectivity index (χ3v) is 1.46. The van der Waals surface area contributed by atoms with Crippen LogP contribution in [0.15, 0.2) is 0 Å². The summed E-state index contributed by atoms with van der Waals surface area (Å²) < 4.78 is 0. The normalized spacial score (nSPS) is 9.17. The zero-order valence-corrected chi connectivity index (χ0v) is 7.78. The lowest BCUT2D eigenvalue weighted by molar-refractivity contribution is -0.121. The van der Waals surface area contributed by atoms with Gasteiger partial charge in [-0.3, -0.25) is 9.59 Å². The fourth-order valence-corrected chi connectivity index (χ4v) is 0.786. The van der Waals surface area contributed by atoms with Crippen molar-refractivity contribution in [2.24, 2.45) is 0 Å². The van der Waals surface area contributed by atoms with Crippen molar-refractivity contribution in [2.45, 2.75) is 12.8 Å². The van der Waals surface area contributed by atoms with E-state index in [0.717, 1.165) is 0 Å². The number of rotatable bonds is 5. The van der Waals surface area contributed by atoms with Gasteiger partial charge in [-0.05, 0) is 0 Å². The van der Waals surface area contributed by atoms with Gasteiger partial charge in [-0.15, -0.1) is 11.6 Å². The molecule has 0 atom stereocenters. The summed E-state index contributed by atoms with van der Waals surface area (Å²) in [6.45, 7) is 0.370. The van der Waals surface area contributed by atoms with Crippen molar-refractivity contribution in [3.05, 3.63) is 0 Å². The molecule has 0 aromatic rings. The molecule has 4 nitrogen and oxygen atoms in total. The van der Waals surface area contributed by atoms with Crippen LogP contribution in [0.3, 0.4) is 0 Å². The van der Waals surface area contributed by atoms with Crippen LogP contribution in [-0.2, 0) is 9.59 Å². The second kappa shape index (κ2) is 6.91. The molecule has 0 unspecified atom stereocenters. The van der Waals surface area contributed by atoms with E-state index >= 15 is 0 Å². The van der Waals surface area contributed by atoms with Gasteiger partial charge in [0, 0.05) is 32.3 Å². The van der Waals surface area contributed by atoms with Crippen molar-refractivity contribution in [3.63, 3.8) is 0 Å². The molecule has 0 spiro atoms. The van der Waals surface area contributed by atoms with Crippen molar-refractivity contribution in [2.75, 3.05) is 19.5 Å². The first kappa shape index (κ1) is 11.2. The van der Waals surface area contributed by atoms with Crippen molar-refractivity contribution < 1.29 is 9.59 Å². The van der Waals surface area contributed by atoms with E-state index in [1.165, 1.54) is 0 Å². The predicted octanol–water partition coefficient (Wildman–Crippen LogP) is -0.132. The molecule has 0 aliphatic heterocycles. The molecule has 12 heavy (non-hydrogen) atoms. The molecule has 0 aromatic heterocycles. The number of alkyl halides is 1. The van der Waals surface area contributed by atoms with Crippen LogP contribution in [-0.4, -0.2) is 31.3 Å². The second-order valence-corrected chi connectivity index (χ2v) is 2.59. The van der Waals surface area contributed by atoms with Crippen LogP contribution in [0.25, 0.3) is 0 Å². The average molecular weight is 193 g/mol. The fourth-order valence-electron chi connectivity index (χ4n) is 0.615. The first-order chi connectivity index (χ1) is 5.70. The zero-order chi connectivity index (χ0) is 9.40. The van der Waals surface area contributed by atoms with Gasteiger partial charge in [-0.1, -0.05) is 0 Å². The summed E-state index contributed by atoms with van der Waals surface area (Å²) in [5, 5.41) is 5.02. The lowest BCUT2D eigenvalue weighted by atomic mass is 10.4. The van der Waals surface area contributed by atoms with Crippen LogP contribution in [0, 0.1) is 0 Å². The van der Waals surface area contributed by atoms with Gasteiger partial charge in [0.2, 0.25) is 11.8 Å². The molecule has 0 radical (unpaired) electrons. The monoisotopic (exact) mass is 192 g/mol. The van der Waals surface area contributed by atoms with Crippen LogP contribution in [0.5, 0.6) is 0 Å². The van der Waals surface area contributed by atoms with E-state index in [-0.39, 0.29) is 11.8 Å². The number of hydrogen-bond donors (Lipinski definition) is 2. The van der Waals surface area contributed by atoms with E-state index in [0.29, 0.717) is 25.3 Å². The Kier molecular flexibility index (Phi) is 6.47. The van der Waals surface area contributed by atoms with Crippen LogP contribution in [0.1, 0.15) is 12.8 Å². The highest BCUT2D eigenvalue weighted by molar-refractivity contribution is 6.18. The largest absolute Gasteiger partial charge is 0.359 e. The quantitative estimate of drug-likeness (QED) is 0.597. The number of nitrogens with one attached hydrogen (secondary N) is 2. The summed E-state index contributed by atoms with van der Waals surface area (Å²) in [7, 11) is 1.56. The Morgan fingerprint density at radius 1 is 1.25 bits per heavy atom. The predicted molar refractivity (Wildman–Crippen MR) is 47.0 cm³/mol. The van der Waals surface area contributed by atoms with Crippen molar-refractivity contribution in [1.82, 2.24) is 10.6 Å². The molecule has 0 heterocycles. The van der Waals surface area contributed by atoms with E-state index in [4.69, 9.17) is 11.6 Å². The minimum absolute atomic E-state index is 0.0822. The zero-order valence-electron chi connectivity index (χ0n) is 7.02. The van der Waals surface area contributed by atoms with Gasteiger partial charge in [0.05, 0.1) is 0 Å². The number of carbonyl (C=O) groups excluding carboxylic acids is 2. The highest BCUT2D eigenvalue weighted by atomic mass is 35.5. The minimum Gasteiger partial charge on any atom is -0.359 e. The Morgan fingerprint density at radius 3 is 2.42 bits per heavy atom. The lowest BCUT2D eigenvalue weighted by Crippen LogP contribution is -2.29. The van der Waals surface area contributed by atoms with E-state index in [1.54, 1.807) is 7.05 Å². The maximum absolute atomic E-state index is 10.8. The van der Waals surface area contributed by atoms with E-state index in [1.807, 2.05) is 0 Å². The van der Waals surface area contributed by atoms with Crippen LogP contribution < -0.4 is 10.6 Å². The first-order valence-corrected chi connectivity index (χ1v) is 4.27. The average Bonchev–Trinajstić information content (AvgIpc) is 2.04. The molecule has 0 saturated heterocycles. The smallest absolute Gasteiger partial charge is 0.221 e. The summed E-state index contributed by atoms with van der Waals surface area (Å²) in [4.78, 5) is 21.4. The summed E-state index contributed by atoms with van der Waals surface area (Å²) in [5.41, 5.74) is 0. The summed E-state index contributed by atoms with van der Waals surface area (Å²) in [6.07, 6.45) is 0.611. The Morgan fingerprint density at radius 2 is 1.92 bits per heavy atom. The fraction of sp³-hybridized carbons (Fsp3) is 0.714. The summed E-state index contributed by atoms with van der Waals surface area (Å²) in [6, 6.07) is 0. The molecule has 0 bridgehead atoms. The molecule has 70 valence electrons. The van der Waals surface area contributed by atoms with Crippen LogP contribution in [0.4, 0.5) is 0 Å². The Balaban J connectivity index is 3.30. The standard InChI is InChI=1S/C7H13ClN2O2/c1-9-6(11)3-5-10-7(12)2-4-8/h2-5H2,1H3,(H,9,11)(H,10,12). The Hall–Kier alpha value is -0.770. The number of carbonyl (C=O) groups is 2. The molecule has 0 aliphatic carbocycles. The van der Waals surface area contributed by atoms with Crippen LogP contribution >= 0.6 is 11.6 Å². The summed E-state index contributed by atoms with van der Waals surface area (Å²) >= 11 is 5.33. The van der Waals surface area contributed by atoms with Gasteiger partial charge in [-0.25, -0.2) is 0 Å². The Labute approximate surface area is 76.7 Å². The van der Waals surface area contributed by atoms with Gasteiger partial charge in [0.15, 0.2) is 0 Å². The molecule has 0 rings (SSSR count). The second-order valence-electron chi connectivity index (χ2n) is 2.21. The van der Waals surface area contributed by atoms with Crippen molar-refractivity contribution >= 4 is 23.4 Å².